The molecule has 0 N–H and O–H groups in total. The van der Waals surface area contributed by atoms with Crippen molar-refractivity contribution in [2.24, 2.45) is 5.92 Å². The molecule has 1 aliphatic heterocycles. The normalized spacial score (nSPS) is 17.6. The zero-order chi connectivity index (χ0) is 17.1. The summed E-state index contributed by atoms with van der Waals surface area (Å²) in [7, 11) is 0. The molecule has 128 valence electrons. The predicted molar refractivity (Wildman–Crippen MR) is 84.2 cm³/mol. The number of aromatic nitrogens is 5. The van der Waals surface area contributed by atoms with Gasteiger partial charge in [0.1, 0.15) is 5.69 Å². The second kappa shape index (κ2) is 6.80. The monoisotopic (exact) mass is 340 g/mol. The molecule has 4 heterocycles. The lowest BCUT2D eigenvalue weighted by molar-refractivity contribution is 0.0626. The Hall–Kier alpha value is -3.10. The van der Waals surface area contributed by atoms with Crippen LogP contribution in [-0.2, 0) is 6.42 Å². The highest BCUT2D eigenvalue weighted by Crippen LogP contribution is 2.22. The van der Waals surface area contributed by atoms with Crippen LogP contribution in [0.5, 0.6) is 0 Å². The van der Waals surface area contributed by atoms with Gasteiger partial charge in [0.05, 0.1) is 12.4 Å². The van der Waals surface area contributed by atoms with E-state index in [0.29, 0.717) is 36.9 Å². The number of carbonyl (C=O) groups is 1. The number of hydrogen-bond donors (Lipinski definition) is 0. The summed E-state index contributed by atoms with van der Waals surface area (Å²) in [4.78, 5) is 26.7. The number of piperidine rings is 1. The lowest BCUT2D eigenvalue weighted by atomic mass is 9.94. The van der Waals surface area contributed by atoms with E-state index < -0.39 is 0 Å². The molecule has 9 heteroatoms. The first-order valence-electron chi connectivity index (χ1n) is 8.08. The Bertz CT molecular complexity index is 833. The fourth-order valence-electron chi connectivity index (χ4n) is 3.00. The summed E-state index contributed by atoms with van der Waals surface area (Å²) in [6.07, 6.45) is 8.78. The van der Waals surface area contributed by atoms with Crippen molar-refractivity contribution >= 4 is 5.91 Å². The average molecular weight is 340 g/mol. The van der Waals surface area contributed by atoms with Crippen LogP contribution in [0, 0.1) is 5.92 Å². The van der Waals surface area contributed by atoms with Crippen molar-refractivity contribution in [3.63, 3.8) is 0 Å². The van der Waals surface area contributed by atoms with E-state index in [1.807, 2.05) is 0 Å². The first kappa shape index (κ1) is 15.4. The highest BCUT2D eigenvalue weighted by molar-refractivity contribution is 5.91. The molecule has 1 atom stereocenters. The van der Waals surface area contributed by atoms with Gasteiger partial charge in [-0.3, -0.25) is 9.78 Å². The molecule has 0 radical (unpaired) electrons. The maximum atomic E-state index is 12.4. The number of hydrogen-bond acceptors (Lipinski definition) is 8. The van der Waals surface area contributed by atoms with Crippen molar-refractivity contribution in [3.05, 3.63) is 42.5 Å². The van der Waals surface area contributed by atoms with E-state index in [-0.39, 0.29) is 17.6 Å². The molecule has 0 saturated carbocycles. The Balaban J connectivity index is 1.41. The Morgan fingerprint density at radius 3 is 3.04 bits per heavy atom. The molecule has 1 aliphatic rings. The van der Waals surface area contributed by atoms with Gasteiger partial charge in [-0.05, 0) is 18.8 Å². The van der Waals surface area contributed by atoms with Crippen LogP contribution >= 0.6 is 0 Å². The fourth-order valence-corrected chi connectivity index (χ4v) is 3.00. The van der Waals surface area contributed by atoms with Crippen LogP contribution in [0.1, 0.15) is 29.3 Å². The average Bonchev–Trinajstić information content (AvgIpc) is 3.34. The van der Waals surface area contributed by atoms with E-state index in [2.05, 4.69) is 25.3 Å². The standard InChI is InChI=1S/C16H16N6O3/c23-16(13-3-4-19-24-13)22-7-1-2-11(10-22)8-14-20-15(21-25-14)12-9-17-5-6-18-12/h3-6,9,11H,1-2,7-8,10H2/t11-/m0/s1. The van der Waals surface area contributed by atoms with Gasteiger partial charge in [-0.15, -0.1) is 0 Å². The van der Waals surface area contributed by atoms with Crippen molar-refractivity contribution in [1.82, 2.24) is 30.2 Å². The molecule has 9 nitrogen and oxygen atoms in total. The second-order valence-corrected chi connectivity index (χ2v) is 5.94. The molecule has 0 unspecified atom stereocenters. The van der Waals surface area contributed by atoms with Crippen molar-refractivity contribution in [2.45, 2.75) is 19.3 Å². The van der Waals surface area contributed by atoms with E-state index in [1.54, 1.807) is 29.6 Å². The third-order valence-corrected chi connectivity index (χ3v) is 4.18. The quantitative estimate of drug-likeness (QED) is 0.704. The lowest BCUT2D eigenvalue weighted by Crippen LogP contribution is -2.40. The summed E-state index contributed by atoms with van der Waals surface area (Å²) >= 11 is 0. The van der Waals surface area contributed by atoms with E-state index in [0.717, 1.165) is 12.8 Å². The molecule has 0 bridgehead atoms. The topological polar surface area (TPSA) is 111 Å². The zero-order valence-corrected chi connectivity index (χ0v) is 13.4. The Morgan fingerprint density at radius 2 is 2.24 bits per heavy atom. The molecule has 0 aliphatic carbocycles. The van der Waals surface area contributed by atoms with Crippen LogP contribution in [0.4, 0.5) is 0 Å². The molecular formula is C16H16N6O3. The summed E-state index contributed by atoms with van der Waals surface area (Å²) in [6.45, 7) is 1.34. The van der Waals surface area contributed by atoms with Crippen LogP contribution in [0.15, 0.2) is 39.9 Å². The van der Waals surface area contributed by atoms with Gasteiger partial charge < -0.3 is 13.9 Å². The number of nitrogens with zero attached hydrogens (tertiary/aromatic N) is 6. The summed E-state index contributed by atoms with van der Waals surface area (Å²) in [5, 5.41) is 7.54. The molecular weight excluding hydrogens is 324 g/mol. The maximum absolute atomic E-state index is 12.4. The van der Waals surface area contributed by atoms with Gasteiger partial charge in [0.15, 0.2) is 0 Å². The minimum Gasteiger partial charge on any atom is -0.351 e. The molecule has 1 amide bonds. The number of rotatable bonds is 4. The van der Waals surface area contributed by atoms with Gasteiger partial charge in [0.2, 0.25) is 17.5 Å². The van der Waals surface area contributed by atoms with Gasteiger partial charge in [-0.2, -0.15) is 4.98 Å². The molecule has 0 spiro atoms. The van der Waals surface area contributed by atoms with Crippen LogP contribution in [0.3, 0.4) is 0 Å². The van der Waals surface area contributed by atoms with Crippen molar-refractivity contribution in [1.29, 1.82) is 0 Å². The minimum atomic E-state index is -0.132. The predicted octanol–water partition coefficient (Wildman–Crippen LogP) is 1.61. The van der Waals surface area contributed by atoms with Crippen LogP contribution in [0.25, 0.3) is 11.5 Å². The van der Waals surface area contributed by atoms with Crippen molar-refractivity contribution < 1.29 is 13.8 Å². The van der Waals surface area contributed by atoms with Gasteiger partial charge in [-0.1, -0.05) is 10.3 Å². The summed E-state index contributed by atoms with van der Waals surface area (Å²) in [5.74, 6) is 1.36. The molecule has 1 saturated heterocycles. The van der Waals surface area contributed by atoms with Crippen LogP contribution < -0.4 is 0 Å². The van der Waals surface area contributed by atoms with E-state index in [4.69, 9.17) is 9.05 Å². The summed E-state index contributed by atoms with van der Waals surface area (Å²) in [6, 6.07) is 1.58. The first-order chi connectivity index (χ1) is 12.3. The van der Waals surface area contributed by atoms with Crippen LogP contribution in [-0.4, -0.2) is 49.2 Å². The maximum Gasteiger partial charge on any atom is 0.292 e. The van der Waals surface area contributed by atoms with E-state index in [9.17, 15) is 4.79 Å². The number of amides is 1. The van der Waals surface area contributed by atoms with Crippen LogP contribution in [0.2, 0.25) is 0 Å². The molecule has 1 fully saturated rings. The zero-order valence-electron chi connectivity index (χ0n) is 13.4. The third-order valence-electron chi connectivity index (χ3n) is 4.18. The Kier molecular flexibility index (Phi) is 4.19. The largest absolute Gasteiger partial charge is 0.351 e. The molecule has 4 rings (SSSR count). The molecule has 25 heavy (non-hydrogen) atoms. The third kappa shape index (κ3) is 3.39. The van der Waals surface area contributed by atoms with Gasteiger partial charge in [0, 0.05) is 38.0 Å². The minimum absolute atomic E-state index is 0.132. The summed E-state index contributed by atoms with van der Waals surface area (Å²) in [5.41, 5.74) is 0.572. The van der Waals surface area contributed by atoms with Crippen molar-refractivity contribution in [3.8, 4) is 11.5 Å². The second-order valence-electron chi connectivity index (χ2n) is 5.94. The summed E-state index contributed by atoms with van der Waals surface area (Å²) < 4.78 is 10.3. The Morgan fingerprint density at radius 1 is 1.28 bits per heavy atom. The van der Waals surface area contributed by atoms with Gasteiger partial charge >= 0.3 is 0 Å². The molecule has 3 aromatic rings. The highest BCUT2D eigenvalue weighted by Gasteiger charge is 2.27. The number of carbonyl (C=O) groups excluding carboxylic acids is 1. The van der Waals surface area contributed by atoms with Gasteiger partial charge in [0.25, 0.3) is 5.91 Å². The first-order valence-corrected chi connectivity index (χ1v) is 8.08. The number of likely N-dealkylation sites (tertiary alicyclic amines) is 1. The van der Waals surface area contributed by atoms with E-state index in [1.165, 1.54) is 6.20 Å². The van der Waals surface area contributed by atoms with Gasteiger partial charge in [-0.25, -0.2) is 4.98 Å². The molecule has 3 aromatic heterocycles. The van der Waals surface area contributed by atoms with Crippen molar-refractivity contribution in [2.75, 3.05) is 13.1 Å². The Labute approximate surface area is 143 Å². The van der Waals surface area contributed by atoms with E-state index >= 15 is 0 Å². The smallest absolute Gasteiger partial charge is 0.292 e. The molecule has 0 aromatic carbocycles. The highest BCUT2D eigenvalue weighted by atomic mass is 16.5. The lowest BCUT2D eigenvalue weighted by Gasteiger charge is -2.31. The SMILES string of the molecule is O=C(c1ccno1)N1CCC[C@@H](Cc2nc(-c3cnccn3)no2)C1. The fraction of sp³-hybridized carbons (Fsp3) is 0.375.